The van der Waals surface area contributed by atoms with E-state index in [2.05, 4.69) is 27.5 Å². The van der Waals surface area contributed by atoms with Crippen LogP contribution in [0.5, 0.6) is 0 Å². The lowest BCUT2D eigenvalue weighted by Crippen LogP contribution is -2.15. The van der Waals surface area contributed by atoms with Crippen molar-refractivity contribution >= 4 is 34.8 Å². The summed E-state index contributed by atoms with van der Waals surface area (Å²) in [7, 11) is 0. The fraction of sp³-hybridized carbons (Fsp3) is 0.150. The maximum absolute atomic E-state index is 12.5. The third kappa shape index (κ3) is 4.18. The van der Waals surface area contributed by atoms with Crippen LogP contribution in [-0.4, -0.2) is 15.9 Å². The van der Waals surface area contributed by atoms with E-state index in [1.54, 1.807) is 30.5 Å². The van der Waals surface area contributed by atoms with Crippen molar-refractivity contribution in [2.45, 2.75) is 20.8 Å². The van der Waals surface area contributed by atoms with Gasteiger partial charge in [-0.3, -0.25) is 4.79 Å². The van der Waals surface area contributed by atoms with Crippen LogP contribution in [0.4, 0.5) is 17.3 Å². The van der Waals surface area contributed by atoms with Gasteiger partial charge in [0.25, 0.3) is 5.91 Å². The van der Waals surface area contributed by atoms with Crippen LogP contribution in [0.15, 0.2) is 48.7 Å². The summed E-state index contributed by atoms with van der Waals surface area (Å²) in [6, 6.07) is 12.9. The number of nitrogens with zero attached hydrogens (tertiary/aromatic N) is 2. The molecular formula is C20H19ClN4O. The monoisotopic (exact) mass is 366 g/mol. The third-order valence-electron chi connectivity index (χ3n) is 4.09. The second kappa shape index (κ2) is 7.54. The molecule has 0 saturated carbocycles. The molecule has 0 aliphatic carbocycles. The normalized spacial score (nSPS) is 10.5. The van der Waals surface area contributed by atoms with E-state index >= 15 is 0 Å². The Kier molecular flexibility index (Phi) is 5.19. The van der Waals surface area contributed by atoms with E-state index in [4.69, 9.17) is 11.6 Å². The highest BCUT2D eigenvalue weighted by atomic mass is 35.5. The van der Waals surface area contributed by atoms with E-state index < -0.39 is 0 Å². The first-order chi connectivity index (χ1) is 12.4. The van der Waals surface area contributed by atoms with Gasteiger partial charge in [0.05, 0.1) is 0 Å². The van der Waals surface area contributed by atoms with Gasteiger partial charge < -0.3 is 10.6 Å². The molecule has 0 spiro atoms. The number of hydrogen-bond donors (Lipinski definition) is 2. The quantitative estimate of drug-likeness (QED) is 0.678. The maximum atomic E-state index is 12.5. The summed E-state index contributed by atoms with van der Waals surface area (Å²) in [6.45, 7) is 5.98. The number of hydrogen-bond acceptors (Lipinski definition) is 4. The van der Waals surface area contributed by atoms with Gasteiger partial charge in [-0.1, -0.05) is 17.7 Å². The molecule has 0 fully saturated rings. The molecule has 0 radical (unpaired) electrons. The zero-order valence-corrected chi connectivity index (χ0v) is 15.6. The Labute approximate surface area is 157 Å². The molecule has 3 aromatic rings. The molecule has 0 aliphatic rings. The van der Waals surface area contributed by atoms with Crippen LogP contribution in [0.2, 0.25) is 5.02 Å². The fourth-order valence-corrected chi connectivity index (χ4v) is 2.67. The number of halogens is 1. The van der Waals surface area contributed by atoms with Crippen LogP contribution in [-0.2, 0) is 0 Å². The Morgan fingerprint density at radius 3 is 2.50 bits per heavy atom. The van der Waals surface area contributed by atoms with Crippen molar-refractivity contribution in [3.63, 3.8) is 0 Å². The molecule has 1 heterocycles. The maximum Gasteiger partial charge on any atom is 0.274 e. The van der Waals surface area contributed by atoms with Crippen molar-refractivity contribution in [2.24, 2.45) is 0 Å². The topological polar surface area (TPSA) is 66.9 Å². The Morgan fingerprint density at radius 2 is 1.77 bits per heavy atom. The van der Waals surface area contributed by atoms with Gasteiger partial charge in [0.15, 0.2) is 0 Å². The van der Waals surface area contributed by atoms with Crippen LogP contribution in [0.3, 0.4) is 0 Å². The van der Waals surface area contributed by atoms with Gasteiger partial charge in [0.2, 0.25) is 5.95 Å². The zero-order chi connectivity index (χ0) is 18.7. The van der Waals surface area contributed by atoms with E-state index in [1.807, 2.05) is 32.0 Å². The SMILES string of the molecule is Cc1ccc(Nc2nccc(C(=O)Nc3ccc(Cl)cc3C)n2)cc1C. The van der Waals surface area contributed by atoms with Gasteiger partial charge in [0, 0.05) is 22.6 Å². The van der Waals surface area contributed by atoms with E-state index in [1.165, 1.54) is 11.1 Å². The standard InChI is InChI=1S/C20H19ClN4O/c1-12-4-6-16(11-13(12)2)23-20-22-9-8-18(25-20)19(26)24-17-7-5-15(21)10-14(17)3/h4-11H,1-3H3,(H,24,26)(H,22,23,25). The molecule has 5 nitrogen and oxygen atoms in total. The average molecular weight is 367 g/mol. The summed E-state index contributed by atoms with van der Waals surface area (Å²) in [6.07, 6.45) is 1.56. The minimum absolute atomic E-state index is 0.278. The number of aromatic nitrogens is 2. The predicted octanol–water partition coefficient (Wildman–Crippen LogP) is 5.05. The summed E-state index contributed by atoms with van der Waals surface area (Å²) in [5, 5.41) is 6.60. The lowest BCUT2D eigenvalue weighted by atomic mass is 10.1. The van der Waals surface area contributed by atoms with E-state index in [-0.39, 0.29) is 11.6 Å². The average Bonchev–Trinajstić information content (AvgIpc) is 2.61. The second-order valence-corrected chi connectivity index (χ2v) is 6.54. The Morgan fingerprint density at radius 1 is 0.962 bits per heavy atom. The molecule has 1 aromatic heterocycles. The Bertz CT molecular complexity index is 972. The van der Waals surface area contributed by atoms with Gasteiger partial charge in [0.1, 0.15) is 5.69 Å². The summed E-state index contributed by atoms with van der Waals surface area (Å²) < 4.78 is 0. The van der Waals surface area contributed by atoms with Gasteiger partial charge in [-0.05, 0) is 73.9 Å². The summed E-state index contributed by atoms with van der Waals surface area (Å²) in [5.74, 6) is 0.0645. The largest absolute Gasteiger partial charge is 0.324 e. The Balaban J connectivity index is 1.77. The highest BCUT2D eigenvalue weighted by molar-refractivity contribution is 6.30. The first kappa shape index (κ1) is 17.9. The Hall–Kier alpha value is -2.92. The summed E-state index contributed by atoms with van der Waals surface area (Å²) in [4.78, 5) is 21.0. The van der Waals surface area contributed by atoms with Crippen molar-refractivity contribution in [2.75, 3.05) is 10.6 Å². The van der Waals surface area contributed by atoms with Crippen LogP contribution in [0.25, 0.3) is 0 Å². The number of carbonyl (C=O) groups is 1. The predicted molar refractivity (Wildman–Crippen MR) is 105 cm³/mol. The van der Waals surface area contributed by atoms with Gasteiger partial charge in [-0.15, -0.1) is 0 Å². The van der Waals surface area contributed by atoms with Gasteiger partial charge in [-0.2, -0.15) is 0 Å². The molecule has 0 unspecified atom stereocenters. The van der Waals surface area contributed by atoms with Crippen molar-refractivity contribution in [1.82, 2.24) is 9.97 Å². The number of rotatable bonds is 4. The smallest absolute Gasteiger partial charge is 0.274 e. The number of carbonyl (C=O) groups excluding carboxylic acids is 1. The van der Waals surface area contributed by atoms with Gasteiger partial charge >= 0.3 is 0 Å². The molecule has 0 aliphatic heterocycles. The third-order valence-corrected chi connectivity index (χ3v) is 4.32. The van der Waals surface area contributed by atoms with E-state index in [0.29, 0.717) is 16.7 Å². The molecule has 2 aromatic carbocycles. The molecule has 132 valence electrons. The summed E-state index contributed by atoms with van der Waals surface area (Å²) >= 11 is 5.95. The van der Waals surface area contributed by atoms with Crippen molar-refractivity contribution < 1.29 is 4.79 Å². The number of anilines is 3. The minimum atomic E-state index is -0.305. The van der Waals surface area contributed by atoms with Crippen molar-refractivity contribution in [1.29, 1.82) is 0 Å². The molecule has 0 atom stereocenters. The first-order valence-electron chi connectivity index (χ1n) is 8.17. The highest BCUT2D eigenvalue weighted by Gasteiger charge is 2.11. The van der Waals surface area contributed by atoms with E-state index in [9.17, 15) is 4.79 Å². The number of aryl methyl sites for hydroxylation is 3. The van der Waals surface area contributed by atoms with Crippen LogP contribution >= 0.6 is 11.6 Å². The lowest BCUT2D eigenvalue weighted by molar-refractivity contribution is 0.102. The number of amides is 1. The second-order valence-electron chi connectivity index (χ2n) is 6.10. The zero-order valence-electron chi connectivity index (χ0n) is 14.8. The molecule has 0 bridgehead atoms. The number of benzene rings is 2. The van der Waals surface area contributed by atoms with Crippen LogP contribution in [0, 0.1) is 20.8 Å². The van der Waals surface area contributed by atoms with Crippen LogP contribution < -0.4 is 10.6 Å². The highest BCUT2D eigenvalue weighted by Crippen LogP contribution is 2.21. The lowest BCUT2D eigenvalue weighted by Gasteiger charge is -2.10. The number of nitrogens with one attached hydrogen (secondary N) is 2. The molecule has 26 heavy (non-hydrogen) atoms. The molecule has 0 saturated heterocycles. The minimum Gasteiger partial charge on any atom is -0.324 e. The van der Waals surface area contributed by atoms with Crippen molar-refractivity contribution in [3.05, 3.63) is 76.1 Å². The molecule has 1 amide bonds. The molecular weight excluding hydrogens is 348 g/mol. The molecule has 2 N–H and O–H groups in total. The first-order valence-corrected chi connectivity index (χ1v) is 8.55. The molecule has 6 heteroatoms. The van der Waals surface area contributed by atoms with Crippen LogP contribution in [0.1, 0.15) is 27.2 Å². The molecule has 3 rings (SSSR count). The summed E-state index contributed by atoms with van der Waals surface area (Å²) in [5.41, 5.74) is 5.11. The van der Waals surface area contributed by atoms with Crippen molar-refractivity contribution in [3.8, 4) is 0 Å². The van der Waals surface area contributed by atoms with E-state index in [0.717, 1.165) is 11.3 Å². The fourth-order valence-electron chi connectivity index (χ4n) is 2.45. The van der Waals surface area contributed by atoms with Gasteiger partial charge in [-0.25, -0.2) is 9.97 Å².